The average Bonchev–Trinajstić information content (AvgIpc) is 2.80. The quantitative estimate of drug-likeness (QED) is 0.871. The highest BCUT2D eigenvalue weighted by molar-refractivity contribution is 6.40. The van der Waals surface area contributed by atoms with Gasteiger partial charge in [0.1, 0.15) is 5.71 Å². The predicted octanol–water partition coefficient (Wildman–Crippen LogP) is 1.17. The van der Waals surface area contributed by atoms with Crippen molar-refractivity contribution < 1.29 is 14.4 Å². The second-order valence-corrected chi connectivity index (χ2v) is 6.06. The fraction of sp³-hybridized carbons (Fsp3) is 0.375. The Labute approximate surface area is 144 Å². The zero-order valence-corrected chi connectivity index (χ0v) is 13.8. The van der Waals surface area contributed by atoms with Crippen LogP contribution in [0.3, 0.4) is 0 Å². The maximum Gasteiger partial charge on any atom is 0.270 e. The van der Waals surface area contributed by atoms with Crippen LogP contribution >= 0.6 is 11.6 Å². The molecule has 0 radical (unpaired) electrons. The third-order valence-corrected chi connectivity index (χ3v) is 4.20. The lowest BCUT2D eigenvalue weighted by atomic mass is 10.1. The number of halogens is 1. The molecular weight excluding hydrogens is 332 g/mol. The Morgan fingerprint density at radius 2 is 1.83 bits per heavy atom. The second-order valence-electron chi connectivity index (χ2n) is 5.62. The Morgan fingerprint density at radius 3 is 2.58 bits per heavy atom. The van der Waals surface area contributed by atoms with Crippen LogP contribution in [0.2, 0.25) is 5.02 Å². The fourth-order valence-electron chi connectivity index (χ4n) is 2.64. The molecule has 2 aliphatic rings. The third kappa shape index (κ3) is 3.56. The van der Waals surface area contributed by atoms with Crippen molar-refractivity contribution in [3.63, 3.8) is 0 Å². The molecule has 0 aliphatic carbocycles. The molecule has 0 spiro atoms. The van der Waals surface area contributed by atoms with Gasteiger partial charge in [-0.2, -0.15) is 5.10 Å². The number of nitrogens with one attached hydrogen (secondary N) is 1. The monoisotopic (exact) mass is 348 g/mol. The lowest BCUT2D eigenvalue weighted by Crippen LogP contribution is -2.42. The SMILES string of the molecule is O=C1CCN(C(=O)C2=NN(c3ccc(Cl)cc3)C(=O)CC2)CCN1. The molecule has 0 atom stereocenters. The minimum atomic E-state index is -0.224. The van der Waals surface area contributed by atoms with E-state index in [2.05, 4.69) is 10.4 Å². The maximum absolute atomic E-state index is 12.6. The molecule has 1 aromatic rings. The largest absolute Gasteiger partial charge is 0.354 e. The number of nitrogens with zero attached hydrogens (tertiary/aromatic N) is 3. The Hall–Kier alpha value is -2.41. The molecule has 1 fully saturated rings. The summed E-state index contributed by atoms with van der Waals surface area (Å²) in [5.41, 5.74) is 0.904. The molecule has 3 rings (SSSR count). The standard InChI is InChI=1S/C16H17ClN4O3/c17-11-1-3-12(4-2-11)21-15(23)6-5-13(19-21)16(24)20-9-7-14(22)18-8-10-20/h1-4H,5-10H2,(H,18,22). The van der Waals surface area contributed by atoms with E-state index in [0.29, 0.717) is 42.5 Å². The highest BCUT2D eigenvalue weighted by atomic mass is 35.5. The number of carbonyl (C=O) groups excluding carboxylic acids is 3. The van der Waals surface area contributed by atoms with E-state index in [0.717, 1.165) is 0 Å². The van der Waals surface area contributed by atoms with Gasteiger partial charge >= 0.3 is 0 Å². The van der Waals surface area contributed by atoms with E-state index >= 15 is 0 Å². The summed E-state index contributed by atoms with van der Waals surface area (Å²) in [7, 11) is 0. The van der Waals surface area contributed by atoms with E-state index in [-0.39, 0.29) is 30.6 Å². The van der Waals surface area contributed by atoms with Crippen molar-refractivity contribution in [1.29, 1.82) is 0 Å². The number of hydrazone groups is 1. The number of anilines is 1. The van der Waals surface area contributed by atoms with E-state index in [1.807, 2.05) is 0 Å². The summed E-state index contributed by atoms with van der Waals surface area (Å²) in [5, 5.41) is 8.78. The van der Waals surface area contributed by atoms with Crippen LogP contribution in [0.15, 0.2) is 29.4 Å². The topological polar surface area (TPSA) is 82.1 Å². The number of amides is 3. The summed E-state index contributed by atoms with van der Waals surface area (Å²) in [4.78, 5) is 37.8. The van der Waals surface area contributed by atoms with Crippen LogP contribution in [0.1, 0.15) is 19.3 Å². The molecule has 0 aromatic heterocycles. The van der Waals surface area contributed by atoms with Crippen LogP contribution in [-0.2, 0) is 14.4 Å². The van der Waals surface area contributed by atoms with E-state index in [1.54, 1.807) is 29.2 Å². The van der Waals surface area contributed by atoms with E-state index in [9.17, 15) is 14.4 Å². The van der Waals surface area contributed by atoms with Gasteiger partial charge in [-0.25, -0.2) is 5.01 Å². The van der Waals surface area contributed by atoms with Crippen molar-refractivity contribution in [2.75, 3.05) is 24.6 Å². The first-order valence-electron chi connectivity index (χ1n) is 7.76. The van der Waals surface area contributed by atoms with Crippen molar-refractivity contribution in [3.05, 3.63) is 29.3 Å². The maximum atomic E-state index is 12.6. The van der Waals surface area contributed by atoms with Crippen LogP contribution in [0.5, 0.6) is 0 Å². The Bertz CT molecular complexity index is 702. The van der Waals surface area contributed by atoms with Crippen LogP contribution in [0.25, 0.3) is 0 Å². The van der Waals surface area contributed by atoms with Gasteiger partial charge in [-0.3, -0.25) is 14.4 Å². The second kappa shape index (κ2) is 7.00. The number of hydrogen-bond donors (Lipinski definition) is 1. The van der Waals surface area contributed by atoms with E-state index in [4.69, 9.17) is 11.6 Å². The van der Waals surface area contributed by atoms with Crippen LogP contribution in [0.4, 0.5) is 5.69 Å². The fourth-order valence-corrected chi connectivity index (χ4v) is 2.77. The van der Waals surface area contributed by atoms with Gasteiger partial charge in [-0.05, 0) is 24.3 Å². The van der Waals surface area contributed by atoms with Gasteiger partial charge in [0.05, 0.1) is 5.69 Å². The zero-order chi connectivity index (χ0) is 17.1. The molecule has 1 saturated heterocycles. The highest BCUT2D eigenvalue weighted by Crippen LogP contribution is 2.22. The highest BCUT2D eigenvalue weighted by Gasteiger charge is 2.29. The van der Waals surface area contributed by atoms with Gasteiger partial charge in [0.15, 0.2) is 0 Å². The number of benzene rings is 1. The molecule has 3 amide bonds. The van der Waals surface area contributed by atoms with Gasteiger partial charge in [0.25, 0.3) is 5.91 Å². The van der Waals surface area contributed by atoms with Gasteiger partial charge in [0.2, 0.25) is 11.8 Å². The molecule has 1 N–H and O–H groups in total. The first kappa shape index (κ1) is 16.4. The van der Waals surface area contributed by atoms with Crippen LogP contribution in [0, 0.1) is 0 Å². The normalized spacial score (nSPS) is 18.8. The van der Waals surface area contributed by atoms with Gasteiger partial charge in [0, 0.05) is 43.9 Å². The molecule has 24 heavy (non-hydrogen) atoms. The molecule has 2 aliphatic heterocycles. The minimum Gasteiger partial charge on any atom is -0.354 e. The Balaban J connectivity index is 1.80. The van der Waals surface area contributed by atoms with Crippen molar-refractivity contribution in [3.8, 4) is 0 Å². The van der Waals surface area contributed by atoms with E-state index in [1.165, 1.54) is 5.01 Å². The number of hydrogen-bond acceptors (Lipinski definition) is 4. The Morgan fingerprint density at radius 1 is 1.08 bits per heavy atom. The molecule has 126 valence electrons. The van der Waals surface area contributed by atoms with Crippen LogP contribution < -0.4 is 10.3 Å². The molecular formula is C16H17ClN4O3. The van der Waals surface area contributed by atoms with Crippen molar-refractivity contribution >= 4 is 40.7 Å². The predicted molar refractivity (Wildman–Crippen MR) is 89.8 cm³/mol. The molecule has 0 unspecified atom stereocenters. The summed E-state index contributed by atoms with van der Waals surface area (Å²) in [6, 6.07) is 6.71. The van der Waals surface area contributed by atoms with Crippen LogP contribution in [-0.4, -0.2) is 48.0 Å². The van der Waals surface area contributed by atoms with Gasteiger partial charge in [-0.15, -0.1) is 0 Å². The Kier molecular flexibility index (Phi) is 4.80. The van der Waals surface area contributed by atoms with Gasteiger partial charge in [-0.1, -0.05) is 11.6 Å². The van der Waals surface area contributed by atoms with Crippen molar-refractivity contribution in [2.24, 2.45) is 5.10 Å². The number of rotatable bonds is 2. The molecule has 0 bridgehead atoms. The lowest BCUT2D eigenvalue weighted by Gasteiger charge is -2.26. The average molecular weight is 349 g/mol. The first-order chi connectivity index (χ1) is 11.5. The molecule has 2 heterocycles. The van der Waals surface area contributed by atoms with Gasteiger partial charge < -0.3 is 10.2 Å². The van der Waals surface area contributed by atoms with E-state index < -0.39 is 0 Å². The molecule has 0 saturated carbocycles. The smallest absolute Gasteiger partial charge is 0.270 e. The summed E-state index contributed by atoms with van der Waals surface area (Å²) in [6.45, 7) is 1.23. The number of carbonyl (C=O) groups is 3. The molecule has 8 heteroatoms. The zero-order valence-electron chi connectivity index (χ0n) is 13.0. The minimum absolute atomic E-state index is 0.0612. The molecule has 1 aromatic carbocycles. The summed E-state index contributed by atoms with van der Waals surface area (Å²) in [6.07, 6.45) is 0.802. The summed E-state index contributed by atoms with van der Waals surface area (Å²) >= 11 is 5.86. The van der Waals surface area contributed by atoms with Crippen molar-refractivity contribution in [1.82, 2.24) is 10.2 Å². The first-order valence-corrected chi connectivity index (χ1v) is 8.14. The third-order valence-electron chi connectivity index (χ3n) is 3.95. The summed E-state index contributed by atoms with van der Waals surface area (Å²) in [5.74, 6) is -0.451. The lowest BCUT2D eigenvalue weighted by molar-refractivity contribution is -0.124. The summed E-state index contributed by atoms with van der Waals surface area (Å²) < 4.78 is 0. The molecule has 7 nitrogen and oxygen atoms in total. The van der Waals surface area contributed by atoms with Crippen molar-refractivity contribution in [2.45, 2.75) is 19.3 Å².